The van der Waals surface area contributed by atoms with Gasteiger partial charge in [0, 0.05) is 18.6 Å². The van der Waals surface area contributed by atoms with E-state index in [-0.39, 0.29) is 19.1 Å². The van der Waals surface area contributed by atoms with E-state index in [1.165, 1.54) is 19.3 Å². The van der Waals surface area contributed by atoms with E-state index in [1.807, 2.05) is 0 Å². The molecule has 0 unspecified atom stereocenters. The molecule has 2 N–H and O–H groups in total. The number of hydrogen-bond acceptors (Lipinski definition) is 3. The van der Waals surface area contributed by atoms with Gasteiger partial charge in [-0.25, -0.2) is 0 Å². The van der Waals surface area contributed by atoms with Gasteiger partial charge in [0.1, 0.15) is 0 Å². The fourth-order valence-corrected chi connectivity index (χ4v) is 3.06. The molecule has 4 heteroatoms. The SMILES string of the molecule is CCCCC[C@@H]1CCC[C@H](CC(=O)O)N1CCO. The minimum absolute atomic E-state index is 0.120. The van der Waals surface area contributed by atoms with Crippen LogP contribution in [0.3, 0.4) is 0 Å². The number of likely N-dealkylation sites (tertiary alicyclic amines) is 1. The first-order valence-electron chi connectivity index (χ1n) is 7.27. The predicted octanol–water partition coefficient (Wildman–Crippen LogP) is 2.26. The summed E-state index contributed by atoms with van der Waals surface area (Å²) in [6, 6.07) is 0.594. The normalized spacial score (nSPS) is 25.2. The summed E-state index contributed by atoms with van der Waals surface area (Å²) in [6.45, 7) is 2.94. The summed E-state index contributed by atoms with van der Waals surface area (Å²) >= 11 is 0. The molecule has 0 radical (unpaired) electrons. The maximum atomic E-state index is 10.9. The van der Waals surface area contributed by atoms with E-state index in [0.29, 0.717) is 12.6 Å². The van der Waals surface area contributed by atoms with Gasteiger partial charge in [0.15, 0.2) is 0 Å². The smallest absolute Gasteiger partial charge is 0.304 e. The topological polar surface area (TPSA) is 60.8 Å². The number of hydrogen-bond donors (Lipinski definition) is 2. The van der Waals surface area contributed by atoms with Crippen molar-refractivity contribution in [1.82, 2.24) is 4.90 Å². The molecule has 0 amide bonds. The quantitative estimate of drug-likeness (QED) is 0.655. The zero-order valence-corrected chi connectivity index (χ0v) is 11.5. The number of aliphatic carboxylic acids is 1. The van der Waals surface area contributed by atoms with Crippen LogP contribution in [0.25, 0.3) is 0 Å². The second-order valence-electron chi connectivity index (χ2n) is 5.29. The Hall–Kier alpha value is -0.610. The van der Waals surface area contributed by atoms with Crippen LogP contribution < -0.4 is 0 Å². The molecule has 1 fully saturated rings. The molecule has 1 aliphatic rings. The second kappa shape index (κ2) is 8.48. The predicted molar refractivity (Wildman–Crippen MR) is 71.6 cm³/mol. The van der Waals surface area contributed by atoms with E-state index in [4.69, 9.17) is 5.11 Å². The van der Waals surface area contributed by atoms with Crippen LogP contribution in [0.1, 0.15) is 58.3 Å². The third kappa shape index (κ3) is 4.94. The molecule has 4 nitrogen and oxygen atoms in total. The Balaban J connectivity index is 2.54. The van der Waals surface area contributed by atoms with Gasteiger partial charge in [0.2, 0.25) is 0 Å². The number of nitrogens with zero attached hydrogens (tertiary/aromatic N) is 1. The van der Waals surface area contributed by atoms with Gasteiger partial charge in [0.25, 0.3) is 0 Å². The Kier molecular flexibility index (Phi) is 7.28. The van der Waals surface area contributed by atoms with E-state index >= 15 is 0 Å². The summed E-state index contributed by atoms with van der Waals surface area (Å²) in [5, 5.41) is 18.1. The molecular formula is C14H27NO3. The fraction of sp³-hybridized carbons (Fsp3) is 0.929. The molecule has 0 saturated carbocycles. The van der Waals surface area contributed by atoms with Crippen molar-refractivity contribution < 1.29 is 15.0 Å². The third-order valence-corrected chi connectivity index (χ3v) is 3.92. The van der Waals surface area contributed by atoms with Crippen LogP contribution in [0.5, 0.6) is 0 Å². The Morgan fingerprint density at radius 1 is 1.28 bits per heavy atom. The highest BCUT2D eigenvalue weighted by Gasteiger charge is 2.30. The van der Waals surface area contributed by atoms with E-state index in [2.05, 4.69) is 11.8 Å². The molecule has 0 aromatic heterocycles. The molecule has 18 heavy (non-hydrogen) atoms. The third-order valence-electron chi connectivity index (χ3n) is 3.92. The van der Waals surface area contributed by atoms with Crippen LogP contribution in [0.4, 0.5) is 0 Å². The van der Waals surface area contributed by atoms with Crippen LogP contribution in [-0.4, -0.2) is 46.3 Å². The molecule has 1 rings (SSSR count). The van der Waals surface area contributed by atoms with Crippen molar-refractivity contribution in [2.24, 2.45) is 0 Å². The van der Waals surface area contributed by atoms with Gasteiger partial charge in [-0.2, -0.15) is 0 Å². The van der Waals surface area contributed by atoms with E-state index in [9.17, 15) is 9.90 Å². The molecule has 0 spiro atoms. The maximum Gasteiger partial charge on any atom is 0.304 e. The molecule has 106 valence electrons. The minimum atomic E-state index is -0.725. The largest absolute Gasteiger partial charge is 0.481 e. The van der Waals surface area contributed by atoms with Gasteiger partial charge in [0.05, 0.1) is 13.0 Å². The summed E-state index contributed by atoms with van der Waals surface area (Å²) in [5.41, 5.74) is 0. The zero-order valence-electron chi connectivity index (χ0n) is 11.5. The van der Waals surface area contributed by atoms with Crippen molar-refractivity contribution in [3.63, 3.8) is 0 Å². The van der Waals surface area contributed by atoms with Crippen LogP contribution >= 0.6 is 0 Å². The number of aliphatic hydroxyl groups excluding tert-OH is 1. The number of β-amino-alcohol motifs (C(OH)–C–C–N with tert-alkyl or cyclic N) is 1. The number of unbranched alkanes of at least 4 members (excludes halogenated alkanes) is 2. The Labute approximate surface area is 110 Å². The summed E-state index contributed by atoms with van der Waals surface area (Å²) in [4.78, 5) is 13.1. The van der Waals surface area contributed by atoms with Crippen LogP contribution in [-0.2, 0) is 4.79 Å². The minimum Gasteiger partial charge on any atom is -0.481 e. The van der Waals surface area contributed by atoms with Gasteiger partial charge in [-0.3, -0.25) is 9.69 Å². The first-order chi connectivity index (χ1) is 8.69. The van der Waals surface area contributed by atoms with E-state index < -0.39 is 5.97 Å². The molecule has 0 bridgehead atoms. The van der Waals surface area contributed by atoms with Gasteiger partial charge < -0.3 is 10.2 Å². The lowest BCUT2D eigenvalue weighted by atomic mass is 9.90. The molecule has 2 atom stereocenters. The van der Waals surface area contributed by atoms with Crippen molar-refractivity contribution in [2.45, 2.75) is 70.4 Å². The molecule has 1 saturated heterocycles. The average molecular weight is 257 g/mol. The highest BCUT2D eigenvalue weighted by molar-refractivity contribution is 5.67. The van der Waals surface area contributed by atoms with Crippen LogP contribution in [0.2, 0.25) is 0 Å². The number of carboxylic acids is 1. The van der Waals surface area contributed by atoms with Crippen LogP contribution in [0, 0.1) is 0 Å². The fourth-order valence-electron chi connectivity index (χ4n) is 3.06. The van der Waals surface area contributed by atoms with Crippen molar-refractivity contribution in [1.29, 1.82) is 0 Å². The Bertz CT molecular complexity index is 245. The highest BCUT2D eigenvalue weighted by Crippen LogP contribution is 2.27. The first kappa shape index (κ1) is 15.4. The van der Waals surface area contributed by atoms with Gasteiger partial charge in [-0.05, 0) is 19.3 Å². The molecular weight excluding hydrogens is 230 g/mol. The zero-order chi connectivity index (χ0) is 13.4. The second-order valence-corrected chi connectivity index (χ2v) is 5.29. The van der Waals surface area contributed by atoms with Crippen molar-refractivity contribution >= 4 is 5.97 Å². The van der Waals surface area contributed by atoms with Gasteiger partial charge in [-0.1, -0.05) is 32.6 Å². The van der Waals surface area contributed by atoms with Crippen molar-refractivity contribution in [3.8, 4) is 0 Å². The van der Waals surface area contributed by atoms with Crippen molar-refractivity contribution in [3.05, 3.63) is 0 Å². The van der Waals surface area contributed by atoms with Gasteiger partial charge in [-0.15, -0.1) is 0 Å². The first-order valence-corrected chi connectivity index (χ1v) is 7.27. The summed E-state index contributed by atoms with van der Waals surface area (Å²) in [6.07, 6.45) is 8.25. The molecule has 0 aliphatic carbocycles. The number of carboxylic acid groups (broad SMARTS) is 1. The molecule has 1 aliphatic heterocycles. The monoisotopic (exact) mass is 257 g/mol. The lowest BCUT2D eigenvalue weighted by molar-refractivity contribution is -0.139. The highest BCUT2D eigenvalue weighted by atomic mass is 16.4. The Morgan fingerprint density at radius 2 is 2.00 bits per heavy atom. The number of aliphatic hydroxyl groups is 1. The maximum absolute atomic E-state index is 10.9. The lowest BCUT2D eigenvalue weighted by Crippen LogP contribution is -2.48. The Morgan fingerprint density at radius 3 is 2.61 bits per heavy atom. The molecule has 0 aromatic carbocycles. The standard InChI is InChI=1S/C14H27NO3/c1-2-3-4-6-12-7-5-8-13(11-14(17)18)15(12)9-10-16/h12-13,16H,2-11H2,1H3,(H,17,18)/t12-,13-/m1/s1. The number of piperidine rings is 1. The average Bonchev–Trinajstić information content (AvgIpc) is 2.32. The molecule has 1 heterocycles. The summed E-state index contributed by atoms with van der Waals surface area (Å²) in [5.74, 6) is -0.725. The van der Waals surface area contributed by atoms with E-state index in [0.717, 1.165) is 25.7 Å². The van der Waals surface area contributed by atoms with Crippen molar-refractivity contribution in [2.75, 3.05) is 13.2 Å². The summed E-state index contributed by atoms with van der Waals surface area (Å²) < 4.78 is 0. The summed E-state index contributed by atoms with van der Waals surface area (Å²) in [7, 11) is 0. The lowest BCUT2D eigenvalue weighted by Gasteiger charge is -2.41. The van der Waals surface area contributed by atoms with Gasteiger partial charge >= 0.3 is 5.97 Å². The van der Waals surface area contributed by atoms with Crippen LogP contribution in [0.15, 0.2) is 0 Å². The number of rotatable bonds is 8. The number of carbonyl (C=O) groups is 1. The van der Waals surface area contributed by atoms with E-state index in [1.54, 1.807) is 0 Å². The molecule has 0 aromatic rings.